The third-order valence-corrected chi connectivity index (χ3v) is 2.43. The zero-order chi connectivity index (χ0) is 11.5. The largest absolute Gasteiger partial charge is 0.495 e. The molecular weight excluding hydrogens is 202 g/mol. The topological polar surface area (TPSA) is 61.0 Å². The van der Waals surface area contributed by atoms with E-state index in [1.807, 2.05) is 19.1 Å². The molecule has 2 N–H and O–H groups in total. The van der Waals surface area contributed by atoms with Gasteiger partial charge in [-0.3, -0.25) is 9.97 Å². The van der Waals surface area contributed by atoms with Crippen molar-refractivity contribution in [1.29, 1.82) is 0 Å². The number of nitrogens with zero attached hydrogens (tertiary/aromatic N) is 2. The first-order chi connectivity index (χ1) is 7.72. The van der Waals surface area contributed by atoms with Crippen LogP contribution in [0.15, 0.2) is 30.7 Å². The lowest BCUT2D eigenvalue weighted by Gasteiger charge is -2.07. The van der Waals surface area contributed by atoms with Gasteiger partial charge < -0.3 is 10.5 Å². The maximum absolute atomic E-state index is 5.98. The van der Waals surface area contributed by atoms with Crippen LogP contribution >= 0.6 is 0 Å². The number of ether oxygens (including phenoxy) is 1. The molecule has 0 unspecified atom stereocenters. The molecule has 0 spiro atoms. The van der Waals surface area contributed by atoms with Crippen molar-refractivity contribution in [2.45, 2.75) is 6.92 Å². The van der Waals surface area contributed by atoms with Crippen LogP contribution in [0.4, 0.5) is 5.69 Å². The van der Waals surface area contributed by atoms with E-state index in [9.17, 15) is 0 Å². The van der Waals surface area contributed by atoms with Gasteiger partial charge >= 0.3 is 0 Å². The van der Waals surface area contributed by atoms with Gasteiger partial charge in [0.25, 0.3) is 0 Å². The van der Waals surface area contributed by atoms with Gasteiger partial charge in [-0.15, -0.1) is 0 Å². The SMILES string of the molecule is COc1cncc(-c2nccc(C)c2N)c1. The van der Waals surface area contributed by atoms with Gasteiger partial charge in [-0.05, 0) is 24.6 Å². The van der Waals surface area contributed by atoms with Crippen LogP contribution in [0.2, 0.25) is 0 Å². The fourth-order valence-corrected chi connectivity index (χ4v) is 1.46. The molecule has 0 saturated carbocycles. The number of nitrogen functional groups attached to an aromatic ring is 1. The van der Waals surface area contributed by atoms with E-state index < -0.39 is 0 Å². The summed E-state index contributed by atoms with van der Waals surface area (Å²) < 4.78 is 5.12. The minimum absolute atomic E-state index is 0.678. The summed E-state index contributed by atoms with van der Waals surface area (Å²) in [6.07, 6.45) is 5.11. The average molecular weight is 215 g/mol. The number of anilines is 1. The molecule has 2 rings (SSSR count). The van der Waals surface area contributed by atoms with Crippen LogP contribution < -0.4 is 10.5 Å². The summed E-state index contributed by atoms with van der Waals surface area (Å²) in [4.78, 5) is 8.35. The number of nitrogens with two attached hydrogens (primary N) is 1. The zero-order valence-corrected chi connectivity index (χ0v) is 9.27. The molecule has 0 saturated heterocycles. The molecule has 4 heteroatoms. The smallest absolute Gasteiger partial charge is 0.137 e. The Kier molecular flexibility index (Phi) is 2.72. The molecule has 0 aliphatic rings. The Bertz CT molecular complexity index is 511. The Hall–Kier alpha value is -2.10. The van der Waals surface area contributed by atoms with Crippen molar-refractivity contribution < 1.29 is 4.74 Å². The van der Waals surface area contributed by atoms with E-state index in [4.69, 9.17) is 10.5 Å². The lowest BCUT2D eigenvalue weighted by atomic mass is 10.1. The monoisotopic (exact) mass is 215 g/mol. The van der Waals surface area contributed by atoms with Crippen molar-refractivity contribution in [2.24, 2.45) is 0 Å². The van der Waals surface area contributed by atoms with Gasteiger partial charge in [-0.25, -0.2) is 0 Å². The second kappa shape index (κ2) is 4.18. The lowest BCUT2D eigenvalue weighted by Crippen LogP contribution is -1.97. The number of aromatic nitrogens is 2. The summed E-state index contributed by atoms with van der Waals surface area (Å²) in [5.41, 5.74) is 9.26. The second-order valence-corrected chi connectivity index (χ2v) is 3.50. The summed E-state index contributed by atoms with van der Waals surface area (Å²) in [5.74, 6) is 0.695. The summed E-state index contributed by atoms with van der Waals surface area (Å²) in [6, 6.07) is 3.75. The highest BCUT2D eigenvalue weighted by molar-refractivity contribution is 5.74. The Morgan fingerprint density at radius 1 is 1.31 bits per heavy atom. The number of rotatable bonds is 2. The van der Waals surface area contributed by atoms with Gasteiger partial charge in [0, 0.05) is 18.0 Å². The van der Waals surface area contributed by atoms with Crippen LogP contribution in [0.5, 0.6) is 5.75 Å². The number of hydrogen-bond donors (Lipinski definition) is 1. The molecule has 0 aromatic carbocycles. The highest BCUT2D eigenvalue weighted by Crippen LogP contribution is 2.27. The minimum atomic E-state index is 0.678. The molecule has 4 nitrogen and oxygen atoms in total. The molecule has 0 atom stereocenters. The van der Waals surface area contributed by atoms with Crippen LogP contribution in [0.25, 0.3) is 11.3 Å². The van der Waals surface area contributed by atoms with E-state index in [2.05, 4.69) is 9.97 Å². The second-order valence-electron chi connectivity index (χ2n) is 3.50. The van der Waals surface area contributed by atoms with Gasteiger partial charge in [-0.1, -0.05) is 0 Å². The third kappa shape index (κ3) is 1.82. The number of hydrogen-bond acceptors (Lipinski definition) is 4. The average Bonchev–Trinajstić information content (AvgIpc) is 2.33. The Labute approximate surface area is 94.1 Å². The van der Waals surface area contributed by atoms with Crippen molar-refractivity contribution in [2.75, 3.05) is 12.8 Å². The Morgan fingerprint density at radius 3 is 2.88 bits per heavy atom. The van der Waals surface area contributed by atoms with Crippen LogP contribution in [0.1, 0.15) is 5.56 Å². The summed E-state index contributed by atoms with van der Waals surface area (Å²) in [5, 5.41) is 0. The van der Waals surface area contributed by atoms with Crippen molar-refractivity contribution in [3.63, 3.8) is 0 Å². The number of methoxy groups -OCH3 is 1. The zero-order valence-electron chi connectivity index (χ0n) is 9.27. The van der Waals surface area contributed by atoms with E-state index in [1.54, 1.807) is 25.7 Å². The van der Waals surface area contributed by atoms with Gasteiger partial charge in [-0.2, -0.15) is 0 Å². The molecule has 82 valence electrons. The third-order valence-electron chi connectivity index (χ3n) is 2.43. The highest BCUT2D eigenvalue weighted by atomic mass is 16.5. The van der Waals surface area contributed by atoms with Gasteiger partial charge in [0.2, 0.25) is 0 Å². The van der Waals surface area contributed by atoms with E-state index >= 15 is 0 Å². The van der Waals surface area contributed by atoms with Crippen molar-refractivity contribution >= 4 is 5.69 Å². The summed E-state index contributed by atoms with van der Waals surface area (Å²) in [6.45, 7) is 1.95. The fourth-order valence-electron chi connectivity index (χ4n) is 1.46. The summed E-state index contributed by atoms with van der Waals surface area (Å²) >= 11 is 0. The standard InChI is InChI=1S/C12H13N3O/c1-8-3-4-15-12(11(8)13)9-5-10(16-2)7-14-6-9/h3-7H,13H2,1-2H3. The van der Waals surface area contributed by atoms with Crippen molar-refractivity contribution in [1.82, 2.24) is 9.97 Å². The quantitative estimate of drug-likeness (QED) is 0.832. The molecule has 0 aliphatic heterocycles. The molecule has 16 heavy (non-hydrogen) atoms. The number of pyridine rings is 2. The predicted molar refractivity (Wildman–Crippen MR) is 63.2 cm³/mol. The molecular formula is C12H13N3O. The molecule has 0 aliphatic carbocycles. The molecule has 2 aromatic heterocycles. The highest BCUT2D eigenvalue weighted by Gasteiger charge is 2.07. The summed E-state index contributed by atoms with van der Waals surface area (Å²) in [7, 11) is 1.60. The molecule has 0 fully saturated rings. The van der Waals surface area contributed by atoms with Gasteiger partial charge in [0.15, 0.2) is 0 Å². The van der Waals surface area contributed by atoms with E-state index in [-0.39, 0.29) is 0 Å². The Balaban J connectivity index is 2.54. The van der Waals surface area contributed by atoms with Crippen molar-refractivity contribution in [3.05, 3.63) is 36.3 Å². The minimum Gasteiger partial charge on any atom is -0.495 e. The molecule has 0 amide bonds. The molecule has 0 bridgehead atoms. The van der Waals surface area contributed by atoms with E-state index in [1.165, 1.54) is 0 Å². The maximum Gasteiger partial charge on any atom is 0.137 e. The predicted octanol–water partition coefficient (Wildman–Crippen LogP) is 2.04. The van der Waals surface area contributed by atoms with E-state index in [0.29, 0.717) is 11.4 Å². The van der Waals surface area contributed by atoms with Crippen LogP contribution in [0.3, 0.4) is 0 Å². The first-order valence-electron chi connectivity index (χ1n) is 4.93. The fraction of sp³-hybridized carbons (Fsp3) is 0.167. The molecule has 2 heterocycles. The molecule has 0 radical (unpaired) electrons. The normalized spacial score (nSPS) is 10.1. The van der Waals surface area contributed by atoms with Gasteiger partial charge in [0.05, 0.1) is 24.7 Å². The van der Waals surface area contributed by atoms with Crippen LogP contribution in [-0.2, 0) is 0 Å². The van der Waals surface area contributed by atoms with Crippen LogP contribution in [-0.4, -0.2) is 17.1 Å². The first kappa shape index (κ1) is 10.4. The van der Waals surface area contributed by atoms with E-state index in [0.717, 1.165) is 16.8 Å². The van der Waals surface area contributed by atoms with Crippen LogP contribution in [0, 0.1) is 6.92 Å². The lowest BCUT2D eigenvalue weighted by molar-refractivity contribution is 0.413. The first-order valence-corrected chi connectivity index (χ1v) is 4.93. The maximum atomic E-state index is 5.98. The number of aryl methyl sites for hydroxylation is 1. The molecule has 2 aromatic rings. The Morgan fingerprint density at radius 2 is 2.12 bits per heavy atom. The van der Waals surface area contributed by atoms with Gasteiger partial charge in [0.1, 0.15) is 5.75 Å². The van der Waals surface area contributed by atoms with Crippen molar-refractivity contribution in [3.8, 4) is 17.0 Å².